The number of carbonyl (C=O) groups is 1. The van der Waals surface area contributed by atoms with Gasteiger partial charge in [0, 0.05) is 78.2 Å². The quantitative estimate of drug-likeness (QED) is 0.329. The van der Waals surface area contributed by atoms with E-state index in [0.717, 1.165) is 62.5 Å². The summed E-state index contributed by atoms with van der Waals surface area (Å²) in [7, 11) is 0. The fraction of sp³-hybridized carbons (Fsp3) is 0.310. The van der Waals surface area contributed by atoms with Crippen molar-refractivity contribution in [2.45, 2.75) is 25.4 Å². The van der Waals surface area contributed by atoms with Crippen molar-refractivity contribution in [3.05, 3.63) is 77.7 Å². The van der Waals surface area contributed by atoms with E-state index < -0.39 is 11.9 Å². The lowest BCUT2D eigenvalue weighted by Crippen LogP contribution is -2.71. The standard InChI is InChI=1S/C29H27FN8OS/c30-23-21(18-3-6-20(7-4-18)37-15-29(16-37)13-31-14-29)8-5-19-12-38(35-24(19)23)26(27(39)34-28-32-9-11-40-28)25-22-2-1-10-36(22)17-33-25/h3-9,11-12,17,26,31H,1-2,10,13-16H2,(H,32,34,39). The minimum atomic E-state index is -0.849. The van der Waals surface area contributed by atoms with Gasteiger partial charge in [-0.1, -0.05) is 24.3 Å². The number of fused-ring (bicyclic) bond motifs is 2. The number of imidazole rings is 1. The summed E-state index contributed by atoms with van der Waals surface area (Å²) in [5, 5.41) is 13.8. The van der Waals surface area contributed by atoms with Crippen molar-refractivity contribution in [1.29, 1.82) is 0 Å². The molecule has 6 heterocycles. The molecule has 3 aliphatic heterocycles. The zero-order valence-electron chi connectivity index (χ0n) is 21.7. The molecule has 2 aromatic carbocycles. The number of aromatic nitrogens is 5. The Balaban J connectivity index is 1.13. The average molecular weight is 555 g/mol. The molecule has 202 valence electrons. The number of amides is 1. The number of rotatable bonds is 6. The van der Waals surface area contributed by atoms with Crippen LogP contribution in [0.1, 0.15) is 23.9 Å². The molecular weight excluding hydrogens is 527 g/mol. The van der Waals surface area contributed by atoms with Crippen LogP contribution in [0.2, 0.25) is 0 Å². The third-order valence-corrected chi connectivity index (χ3v) is 9.14. The number of nitrogens with one attached hydrogen (secondary N) is 2. The van der Waals surface area contributed by atoms with Gasteiger partial charge in [0.2, 0.25) is 0 Å². The Kier molecular flexibility index (Phi) is 5.33. The van der Waals surface area contributed by atoms with Gasteiger partial charge in [-0.25, -0.2) is 14.4 Å². The monoisotopic (exact) mass is 554 g/mol. The zero-order chi connectivity index (χ0) is 26.8. The summed E-state index contributed by atoms with van der Waals surface area (Å²) in [6, 6.07) is 10.9. The highest BCUT2D eigenvalue weighted by Gasteiger charge is 2.47. The summed E-state index contributed by atoms with van der Waals surface area (Å²) < 4.78 is 19.6. The van der Waals surface area contributed by atoms with Gasteiger partial charge in [0.25, 0.3) is 5.91 Å². The first-order valence-corrected chi connectivity index (χ1v) is 14.4. The first-order valence-electron chi connectivity index (χ1n) is 13.5. The van der Waals surface area contributed by atoms with Gasteiger partial charge < -0.3 is 14.8 Å². The number of nitrogens with zero attached hydrogens (tertiary/aromatic N) is 6. The van der Waals surface area contributed by atoms with Gasteiger partial charge in [0.1, 0.15) is 5.52 Å². The molecule has 3 aromatic heterocycles. The largest absolute Gasteiger partial charge is 0.370 e. The van der Waals surface area contributed by atoms with Gasteiger partial charge in [-0.2, -0.15) is 5.10 Å². The van der Waals surface area contributed by atoms with Gasteiger partial charge in [-0.15, -0.1) is 11.3 Å². The lowest BCUT2D eigenvalue weighted by atomic mass is 9.74. The third-order valence-electron chi connectivity index (χ3n) is 8.46. The van der Waals surface area contributed by atoms with E-state index in [9.17, 15) is 4.79 Å². The molecule has 1 atom stereocenters. The summed E-state index contributed by atoms with van der Waals surface area (Å²) in [6.45, 7) is 5.19. The lowest BCUT2D eigenvalue weighted by molar-refractivity contribution is -0.118. The second-order valence-corrected chi connectivity index (χ2v) is 12.0. The van der Waals surface area contributed by atoms with Crippen molar-refractivity contribution in [2.24, 2.45) is 5.41 Å². The van der Waals surface area contributed by atoms with Crippen molar-refractivity contribution in [3.8, 4) is 11.1 Å². The molecule has 5 aromatic rings. The van der Waals surface area contributed by atoms with Crippen molar-refractivity contribution >= 4 is 39.0 Å². The molecular formula is C29H27FN8OS. The SMILES string of the molecule is O=C(Nc1nccs1)C(c1ncn2c1CCC2)n1cc2ccc(-c3ccc(N4CC5(CNC5)C4)cc3)c(F)c2n1. The fourth-order valence-corrected chi connectivity index (χ4v) is 6.82. The number of hydrogen-bond donors (Lipinski definition) is 2. The number of benzene rings is 2. The Morgan fingerprint density at radius 2 is 1.98 bits per heavy atom. The van der Waals surface area contributed by atoms with Crippen LogP contribution in [0.4, 0.5) is 15.2 Å². The van der Waals surface area contributed by atoms with E-state index in [4.69, 9.17) is 0 Å². The molecule has 2 fully saturated rings. The number of aryl methyl sites for hydroxylation is 1. The van der Waals surface area contributed by atoms with Crippen molar-refractivity contribution in [1.82, 2.24) is 29.6 Å². The highest BCUT2D eigenvalue weighted by Crippen LogP contribution is 2.38. The Morgan fingerprint density at radius 3 is 2.73 bits per heavy atom. The van der Waals surface area contributed by atoms with Crippen molar-refractivity contribution in [2.75, 3.05) is 36.4 Å². The molecule has 2 N–H and O–H groups in total. The first-order chi connectivity index (χ1) is 19.6. The predicted molar refractivity (Wildman–Crippen MR) is 152 cm³/mol. The van der Waals surface area contributed by atoms with E-state index in [-0.39, 0.29) is 11.4 Å². The van der Waals surface area contributed by atoms with E-state index in [1.165, 1.54) is 11.3 Å². The van der Waals surface area contributed by atoms with Crippen LogP contribution in [0.5, 0.6) is 0 Å². The number of halogens is 1. The zero-order valence-corrected chi connectivity index (χ0v) is 22.5. The molecule has 8 rings (SSSR count). The molecule has 0 bridgehead atoms. The Morgan fingerprint density at radius 1 is 1.12 bits per heavy atom. The average Bonchev–Trinajstić information content (AvgIpc) is 3.70. The lowest BCUT2D eigenvalue weighted by Gasteiger charge is -2.57. The maximum atomic E-state index is 16.0. The fourth-order valence-electron chi connectivity index (χ4n) is 6.29. The van der Waals surface area contributed by atoms with E-state index >= 15 is 4.39 Å². The van der Waals surface area contributed by atoms with E-state index in [0.29, 0.717) is 27.2 Å². The van der Waals surface area contributed by atoms with Crippen LogP contribution in [-0.2, 0) is 17.8 Å². The molecule has 2 saturated heterocycles. The summed E-state index contributed by atoms with van der Waals surface area (Å²) in [4.78, 5) is 24.7. The maximum Gasteiger partial charge on any atom is 0.257 e. The van der Waals surface area contributed by atoms with Crippen LogP contribution in [0.3, 0.4) is 0 Å². The number of thiazole rings is 1. The topological polar surface area (TPSA) is 92.9 Å². The van der Waals surface area contributed by atoms with Crippen LogP contribution in [0, 0.1) is 11.2 Å². The van der Waals surface area contributed by atoms with Gasteiger partial charge in [0.15, 0.2) is 17.0 Å². The number of hydrogen-bond acceptors (Lipinski definition) is 7. The Labute approximate surface area is 233 Å². The summed E-state index contributed by atoms with van der Waals surface area (Å²) in [5.74, 6) is -0.709. The molecule has 1 amide bonds. The van der Waals surface area contributed by atoms with Crippen molar-refractivity contribution < 1.29 is 9.18 Å². The first kappa shape index (κ1) is 23.8. The van der Waals surface area contributed by atoms with Crippen LogP contribution in [-0.4, -0.2) is 56.4 Å². The van der Waals surface area contributed by atoms with Crippen LogP contribution >= 0.6 is 11.3 Å². The molecule has 1 spiro atoms. The minimum Gasteiger partial charge on any atom is -0.370 e. The summed E-state index contributed by atoms with van der Waals surface area (Å²) >= 11 is 1.34. The van der Waals surface area contributed by atoms with E-state index in [2.05, 4.69) is 47.3 Å². The summed E-state index contributed by atoms with van der Waals surface area (Å²) in [5.41, 5.74) is 4.77. The van der Waals surface area contributed by atoms with Gasteiger partial charge >= 0.3 is 0 Å². The molecule has 1 unspecified atom stereocenters. The number of carbonyl (C=O) groups excluding carboxylic acids is 1. The summed E-state index contributed by atoms with van der Waals surface area (Å²) in [6.07, 6.45) is 6.98. The maximum absolute atomic E-state index is 16.0. The van der Waals surface area contributed by atoms with Crippen LogP contribution < -0.4 is 15.5 Å². The highest BCUT2D eigenvalue weighted by atomic mass is 32.1. The van der Waals surface area contributed by atoms with Gasteiger partial charge in [-0.05, 0) is 30.5 Å². The Hall–Kier alpha value is -4.09. The van der Waals surface area contributed by atoms with E-state index in [1.54, 1.807) is 34.8 Å². The van der Waals surface area contributed by atoms with Crippen LogP contribution in [0.25, 0.3) is 22.0 Å². The van der Waals surface area contributed by atoms with Gasteiger partial charge in [-0.3, -0.25) is 14.8 Å². The third kappa shape index (κ3) is 3.75. The molecule has 0 aliphatic carbocycles. The molecule has 0 radical (unpaired) electrons. The normalized spacial score (nSPS) is 18.0. The highest BCUT2D eigenvalue weighted by molar-refractivity contribution is 7.13. The van der Waals surface area contributed by atoms with E-state index in [1.807, 2.05) is 18.2 Å². The van der Waals surface area contributed by atoms with Gasteiger partial charge in [0.05, 0.1) is 12.0 Å². The smallest absolute Gasteiger partial charge is 0.257 e. The minimum absolute atomic E-state index is 0.228. The van der Waals surface area contributed by atoms with Crippen LogP contribution in [0.15, 0.2) is 60.5 Å². The van der Waals surface area contributed by atoms with Crippen molar-refractivity contribution in [3.63, 3.8) is 0 Å². The molecule has 9 nitrogen and oxygen atoms in total. The molecule has 0 saturated carbocycles. The predicted octanol–water partition coefficient (Wildman–Crippen LogP) is 4.08. The molecule has 40 heavy (non-hydrogen) atoms. The molecule has 3 aliphatic rings. The second-order valence-electron chi connectivity index (χ2n) is 11.1. The molecule has 11 heteroatoms. The Bertz CT molecular complexity index is 1730. The number of anilines is 2. The second kappa shape index (κ2) is 8.97.